The quantitative estimate of drug-likeness (QED) is 0.376. The van der Waals surface area contributed by atoms with Crippen molar-refractivity contribution in [2.75, 3.05) is 22.6 Å². The van der Waals surface area contributed by atoms with Crippen LogP contribution in [0.1, 0.15) is 13.8 Å². The molecule has 186 valence electrons. The van der Waals surface area contributed by atoms with Gasteiger partial charge in [0.25, 0.3) is 5.69 Å². The van der Waals surface area contributed by atoms with E-state index in [9.17, 15) is 28.1 Å². The van der Waals surface area contributed by atoms with E-state index in [1.54, 1.807) is 35.2 Å². The summed E-state index contributed by atoms with van der Waals surface area (Å²) >= 11 is 0. The number of sulfone groups is 1. The lowest BCUT2D eigenvalue weighted by atomic mass is 10.0. The van der Waals surface area contributed by atoms with Crippen molar-refractivity contribution in [3.63, 3.8) is 0 Å². The second-order valence-corrected chi connectivity index (χ2v) is 10.5. The van der Waals surface area contributed by atoms with Gasteiger partial charge >= 0.3 is 6.09 Å². The number of rotatable bonds is 4. The monoisotopic (exact) mass is 509 g/mol. The Balaban J connectivity index is 1.71. The Morgan fingerprint density at radius 1 is 0.972 bits per heavy atom. The van der Waals surface area contributed by atoms with Crippen molar-refractivity contribution in [3.05, 3.63) is 76.8 Å². The second kappa shape index (κ2) is 9.42. The molecule has 0 aromatic heterocycles. The summed E-state index contributed by atoms with van der Waals surface area (Å²) in [5.74, 6) is -0.0429. The van der Waals surface area contributed by atoms with Crippen LogP contribution in [0.4, 0.5) is 21.9 Å². The highest BCUT2D eigenvalue weighted by atomic mass is 32.2. The van der Waals surface area contributed by atoms with Gasteiger partial charge in [-0.2, -0.15) is 0 Å². The third-order valence-corrected chi connectivity index (χ3v) is 6.97. The molecule has 1 atom stereocenters. The van der Waals surface area contributed by atoms with Gasteiger partial charge in [-0.25, -0.2) is 13.2 Å². The van der Waals surface area contributed by atoms with Crippen LogP contribution >= 0.6 is 0 Å². The number of benzene rings is 3. The predicted molar refractivity (Wildman–Crippen MR) is 134 cm³/mol. The first-order chi connectivity index (χ1) is 17.0. The van der Waals surface area contributed by atoms with E-state index < -0.39 is 20.9 Å². The molecule has 0 saturated heterocycles. The summed E-state index contributed by atoms with van der Waals surface area (Å²) in [5.41, 5.74) is 2.27. The maximum atomic E-state index is 13.2. The summed E-state index contributed by atoms with van der Waals surface area (Å²) < 4.78 is 29.1. The van der Waals surface area contributed by atoms with E-state index in [0.29, 0.717) is 16.9 Å². The van der Waals surface area contributed by atoms with Gasteiger partial charge in [-0.15, -0.1) is 0 Å². The summed E-state index contributed by atoms with van der Waals surface area (Å²) in [5, 5.41) is 10.9. The number of carbonyl (C=O) groups is 2. The van der Waals surface area contributed by atoms with Gasteiger partial charge in [0.1, 0.15) is 5.75 Å². The molecule has 10 nitrogen and oxygen atoms in total. The van der Waals surface area contributed by atoms with E-state index in [4.69, 9.17) is 4.74 Å². The van der Waals surface area contributed by atoms with E-state index in [0.717, 1.165) is 11.8 Å². The number of nitro groups is 1. The van der Waals surface area contributed by atoms with Crippen LogP contribution < -0.4 is 14.5 Å². The maximum absolute atomic E-state index is 13.2. The minimum atomic E-state index is -3.35. The van der Waals surface area contributed by atoms with Gasteiger partial charge < -0.3 is 9.64 Å². The van der Waals surface area contributed by atoms with Gasteiger partial charge in [-0.05, 0) is 54.4 Å². The Labute approximate surface area is 207 Å². The summed E-state index contributed by atoms with van der Waals surface area (Å²) in [6, 6.07) is 16.5. The second-order valence-electron chi connectivity index (χ2n) is 8.47. The number of fused-ring (bicyclic) bond motifs is 1. The van der Waals surface area contributed by atoms with Crippen molar-refractivity contribution in [2.24, 2.45) is 0 Å². The lowest BCUT2D eigenvalue weighted by Crippen LogP contribution is -2.52. The van der Waals surface area contributed by atoms with E-state index in [-0.39, 0.29) is 34.8 Å². The average Bonchev–Trinajstić information content (AvgIpc) is 2.82. The number of hydrogen-bond donors (Lipinski definition) is 0. The molecule has 4 rings (SSSR count). The molecule has 0 unspecified atom stereocenters. The SMILES string of the molecule is CC(=O)N1c2ccc(-c3ccc(S(C)(=O)=O)cc3)cc2N(C(=O)Oc2ccc([N+](=O)[O-])cc2)C[C@@H]1C. The zero-order valence-corrected chi connectivity index (χ0v) is 20.6. The van der Waals surface area contributed by atoms with Crippen molar-refractivity contribution < 1.29 is 27.7 Å². The van der Waals surface area contributed by atoms with E-state index in [1.807, 2.05) is 6.92 Å². The molecule has 3 aromatic carbocycles. The smallest absolute Gasteiger partial charge is 0.410 e. The summed E-state index contributed by atoms with van der Waals surface area (Å²) in [6.45, 7) is 3.42. The van der Waals surface area contributed by atoms with Crippen molar-refractivity contribution in [2.45, 2.75) is 24.8 Å². The van der Waals surface area contributed by atoms with Gasteiger partial charge in [0, 0.05) is 31.9 Å². The standard InChI is InChI=1S/C25H23N3O7S/c1-16-15-26(25(30)35-21-9-7-20(8-10-21)28(31)32)24-14-19(6-13-23(24)27(16)17(2)29)18-4-11-22(12-5-18)36(3,33)34/h4-14,16H,15H2,1-3H3/t16-/m0/s1. The maximum Gasteiger partial charge on any atom is 0.419 e. The Morgan fingerprint density at radius 3 is 2.14 bits per heavy atom. The zero-order valence-electron chi connectivity index (χ0n) is 19.7. The highest BCUT2D eigenvalue weighted by molar-refractivity contribution is 7.90. The van der Waals surface area contributed by atoms with Crippen LogP contribution in [0.15, 0.2) is 71.6 Å². The van der Waals surface area contributed by atoms with Crippen LogP contribution in [-0.4, -0.2) is 44.2 Å². The number of anilines is 2. The first-order valence-corrected chi connectivity index (χ1v) is 12.8. The number of nitro benzene ring substituents is 1. The summed E-state index contributed by atoms with van der Waals surface area (Å²) in [7, 11) is -3.35. The number of nitrogens with zero attached hydrogens (tertiary/aromatic N) is 3. The van der Waals surface area contributed by atoms with Gasteiger partial charge in [0.05, 0.1) is 27.2 Å². The lowest BCUT2D eigenvalue weighted by molar-refractivity contribution is -0.384. The molecule has 1 heterocycles. The summed E-state index contributed by atoms with van der Waals surface area (Å²) in [4.78, 5) is 39.1. The van der Waals surface area contributed by atoms with Crippen LogP contribution in [0.5, 0.6) is 5.75 Å². The number of ether oxygens (including phenoxy) is 1. The van der Waals surface area contributed by atoms with Crippen LogP contribution in [0.2, 0.25) is 0 Å². The number of hydrogen-bond acceptors (Lipinski definition) is 7. The van der Waals surface area contributed by atoms with Gasteiger partial charge in [-0.1, -0.05) is 18.2 Å². The lowest BCUT2D eigenvalue weighted by Gasteiger charge is -2.40. The topological polar surface area (TPSA) is 127 Å². The van der Waals surface area contributed by atoms with Gasteiger partial charge in [-0.3, -0.25) is 19.8 Å². The summed E-state index contributed by atoms with van der Waals surface area (Å²) in [6.07, 6.45) is 0.428. The van der Waals surface area contributed by atoms with Crippen molar-refractivity contribution in [1.82, 2.24) is 0 Å². The fourth-order valence-corrected chi connectivity index (χ4v) is 4.77. The number of carbonyl (C=O) groups excluding carboxylic acids is 2. The molecule has 11 heteroatoms. The first-order valence-electron chi connectivity index (χ1n) is 10.9. The molecule has 0 bridgehead atoms. The van der Waals surface area contributed by atoms with Crippen molar-refractivity contribution >= 4 is 38.9 Å². The molecule has 2 amide bonds. The first kappa shape index (κ1) is 24.9. The average molecular weight is 510 g/mol. The largest absolute Gasteiger partial charge is 0.419 e. The molecule has 0 N–H and O–H groups in total. The highest BCUT2D eigenvalue weighted by Gasteiger charge is 2.35. The third kappa shape index (κ3) is 4.91. The molecule has 3 aromatic rings. The Hall–Kier alpha value is -4.25. The molecule has 36 heavy (non-hydrogen) atoms. The molecule has 1 aliphatic heterocycles. The molecule has 0 saturated carbocycles. The Morgan fingerprint density at radius 2 is 1.58 bits per heavy atom. The van der Waals surface area contributed by atoms with E-state index in [2.05, 4.69) is 0 Å². The molecule has 0 aliphatic carbocycles. The Kier molecular flexibility index (Phi) is 6.51. The van der Waals surface area contributed by atoms with Gasteiger partial charge in [0.2, 0.25) is 5.91 Å². The minimum Gasteiger partial charge on any atom is -0.410 e. The van der Waals surface area contributed by atoms with Crippen LogP contribution in [0, 0.1) is 10.1 Å². The van der Waals surface area contributed by atoms with Crippen molar-refractivity contribution in [1.29, 1.82) is 0 Å². The predicted octanol–water partition coefficient (Wildman–Crippen LogP) is 4.43. The fraction of sp³-hybridized carbons (Fsp3) is 0.200. The highest BCUT2D eigenvalue weighted by Crippen LogP contribution is 2.39. The van der Waals surface area contributed by atoms with Crippen LogP contribution in [-0.2, 0) is 14.6 Å². The number of non-ortho nitro benzene ring substituents is 1. The molecule has 1 aliphatic rings. The van der Waals surface area contributed by atoms with Crippen molar-refractivity contribution in [3.8, 4) is 16.9 Å². The molecule has 0 fully saturated rings. The Bertz CT molecular complexity index is 1450. The third-order valence-electron chi connectivity index (χ3n) is 5.84. The zero-order chi connectivity index (χ0) is 26.2. The molecule has 0 radical (unpaired) electrons. The van der Waals surface area contributed by atoms with E-state index >= 15 is 0 Å². The van der Waals surface area contributed by atoms with Crippen LogP contribution in [0.3, 0.4) is 0 Å². The molecular formula is C25H23N3O7S. The fourth-order valence-electron chi connectivity index (χ4n) is 4.14. The normalized spacial score (nSPS) is 15.2. The van der Waals surface area contributed by atoms with Crippen LogP contribution in [0.25, 0.3) is 11.1 Å². The molecular weight excluding hydrogens is 486 g/mol. The van der Waals surface area contributed by atoms with Gasteiger partial charge in [0.15, 0.2) is 9.84 Å². The minimum absolute atomic E-state index is 0.129. The van der Waals surface area contributed by atoms with E-state index in [1.165, 1.54) is 48.2 Å². The number of amides is 2. The molecule has 0 spiro atoms.